The van der Waals surface area contributed by atoms with E-state index in [0.29, 0.717) is 18.1 Å². The van der Waals surface area contributed by atoms with Crippen LogP contribution in [0, 0.1) is 6.92 Å². The maximum atomic E-state index is 10.9. The Hall–Kier alpha value is -1.65. The van der Waals surface area contributed by atoms with Gasteiger partial charge in [-0.25, -0.2) is 14.8 Å². The van der Waals surface area contributed by atoms with Crippen LogP contribution in [0.2, 0.25) is 0 Å². The topological polar surface area (TPSA) is 64.1 Å². The van der Waals surface area contributed by atoms with Crippen molar-refractivity contribution in [2.75, 3.05) is 11.9 Å². The summed E-state index contributed by atoms with van der Waals surface area (Å²) in [5.74, 6) is 0.661. The minimum Gasteiger partial charge on any atom is -0.450 e. The fourth-order valence-electron chi connectivity index (χ4n) is 0.742. The van der Waals surface area contributed by atoms with E-state index in [4.69, 9.17) is 0 Å². The van der Waals surface area contributed by atoms with Gasteiger partial charge in [0, 0.05) is 0 Å². The lowest BCUT2D eigenvalue weighted by Gasteiger charge is -2.03. The molecule has 1 aromatic rings. The van der Waals surface area contributed by atoms with Crippen LogP contribution >= 0.6 is 0 Å². The average Bonchev–Trinajstić information content (AvgIpc) is 2.09. The Bertz CT molecular complexity index is 284. The van der Waals surface area contributed by atoms with Gasteiger partial charge in [-0.05, 0) is 13.8 Å². The highest BCUT2D eigenvalue weighted by Crippen LogP contribution is 2.02. The molecule has 5 nitrogen and oxygen atoms in total. The first-order chi connectivity index (χ1) is 6.22. The second-order valence-corrected chi connectivity index (χ2v) is 2.36. The Morgan fingerprint density at radius 2 is 2.15 bits per heavy atom. The zero-order chi connectivity index (χ0) is 9.68. The highest BCUT2D eigenvalue weighted by atomic mass is 16.5. The molecule has 13 heavy (non-hydrogen) atoms. The molecule has 0 saturated heterocycles. The van der Waals surface area contributed by atoms with Gasteiger partial charge in [0.05, 0.1) is 24.7 Å². The quantitative estimate of drug-likeness (QED) is 0.748. The van der Waals surface area contributed by atoms with Crippen LogP contribution in [-0.2, 0) is 4.74 Å². The number of hydrogen-bond donors (Lipinski definition) is 1. The van der Waals surface area contributed by atoms with Crippen molar-refractivity contribution in [1.82, 2.24) is 9.97 Å². The lowest BCUT2D eigenvalue weighted by Crippen LogP contribution is -2.13. The number of rotatable bonds is 2. The Morgan fingerprint density at radius 3 is 2.69 bits per heavy atom. The first-order valence-corrected chi connectivity index (χ1v) is 3.94. The smallest absolute Gasteiger partial charge is 0.411 e. The minimum absolute atomic E-state index is 0.346. The maximum Gasteiger partial charge on any atom is 0.411 e. The van der Waals surface area contributed by atoms with Crippen LogP contribution < -0.4 is 5.32 Å². The summed E-state index contributed by atoms with van der Waals surface area (Å²) >= 11 is 0. The molecule has 0 aliphatic rings. The highest BCUT2D eigenvalue weighted by molar-refractivity contribution is 5.83. The summed E-state index contributed by atoms with van der Waals surface area (Å²) in [6.07, 6.45) is 2.56. The molecule has 1 rings (SSSR count). The molecule has 0 unspecified atom stereocenters. The van der Waals surface area contributed by atoms with Gasteiger partial charge in [0.15, 0.2) is 0 Å². The van der Waals surface area contributed by atoms with Gasteiger partial charge in [0.1, 0.15) is 5.82 Å². The van der Waals surface area contributed by atoms with Crippen molar-refractivity contribution in [3.05, 3.63) is 18.2 Å². The molecule has 0 aliphatic carbocycles. The fraction of sp³-hybridized carbons (Fsp3) is 0.375. The van der Waals surface area contributed by atoms with E-state index in [0.717, 1.165) is 0 Å². The van der Waals surface area contributed by atoms with Crippen LogP contribution in [0.4, 0.5) is 10.5 Å². The van der Waals surface area contributed by atoms with Crippen LogP contribution in [-0.4, -0.2) is 22.7 Å². The van der Waals surface area contributed by atoms with Crippen LogP contribution in [0.1, 0.15) is 12.7 Å². The molecule has 1 aromatic heterocycles. The predicted octanol–water partition coefficient (Wildman–Crippen LogP) is 1.35. The number of anilines is 1. The van der Waals surface area contributed by atoms with Crippen LogP contribution in [0.15, 0.2) is 12.4 Å². The minimum atomic E-state index is -0.491. The highest BCUT2D eigenvalue weighted by Gasteiger charge is 2.01. The van der Waals surface area contributed by atoms with E-state index in [1.165, 1.54) is 12.4 Å². The third kappa shape index (κ3) is 3.06. The summed E-state index contributed by atoms with van der Waals surface area (Å²) in [6.45, 7) is 3.86. The number of amides is 1. The number of ether oxygens (including phenoxy) is 1. The Kier molecular flexibility index (Phi) is 3.19. The second-order valence-electron chi connectivity index (χ2n) is 2.36. The largest absolute Gasteiger partial charge is 0.450 e. The molecule has 0 saturated carbocycles. The zero-order valence-corrected chi connectivity index (χ0v) is 7.57. The summed E-state index contributed by atoms with van der Waals surface area (Å²) in [7, 11) is 0. The van der Waals surface area contributed by atoms with Crippen LogP contribution in [0.3, 0.4) is 0 Å². The lowest BCUT2D eigenvalue weighted by atomic mass is 10.5. The molecule has 0 spiro atoms. The molecule has 0 radical (unpaired) electrons. The van der Waals surface area contributed by atoms with Gasteiger partial charge in [0.2, 0.25) is 0 Å². The summed E-state index contributed by atoms with van der Waals surface area (Å²) in [5.41, 5.74) is 0.532. The third-order valence-electron chi connectivity index (χ3n) is 1.30. The van der Waals surface area contributed by atoms with Crippen molar-refractivity contribution in [1.29, 1.82) is 0 Å². The van der Waals surface area contributed by atoms with Gasteiger partial charge >= 0.3 is 6.09 Å². The molecular formula is C8H11N3O2. The molecule has 0 atom stereocenters. The first-order valence-electron chi connectivity index (χ1n) is 3.94. The van der Waals surface area contributed by atoms with E-state index in [1.54, 1.807) is 13.8 Å². The van der Waals surface area contributed by atoms with Crippen molar-refractivity contribution < 1.29 is 9.53 Å². The van der Waals surface area contributed by atoms with Crippen molar-refractivity contribution in [3.8, 4) is 0 Å². The van der Waals surface area contributed by atoms with E-state index in [1.807, 2.05) is 0 Å². The molecule has 0 aromatic carbocycles. The standard InChI is InChI=1S/C8H11N3O2/c1-3-13-8(12)11-7-4-9-6(2)10-5-7/h4-5H,3H2,1-2H3,(H,11,12). The molecule has 0 bridgehead atoms. The normalized spacial score (nSPS) is 9.38. The number of carbonyl (C=O) groups is 1. The summed E-state index contributed by atoms with van der Waals surface area (Å²) in [4.78, 5) is 18.7. The van der Waals surface area contributed by atoms with E-state index >= 15 is 0 Å². The van der Waals surface area contributed by atoms with Gasteiger partial charge in [-0.15, -0.1) is 0 Å². The SMILES string of the molecule is CCOC(=O)Nc1cnc(C)nc1. The number of carbonyl (C=O) groups excluding carboxylic acids is 1. The number of nitrogens with one attached hydrogen (secondary N) is 1. The second kappa shape index (κ2) is 4.39. The average molecular weight is 181 g/mol. The van der Waals surface area contributed by atoms with Crippen molar-refractivity contribution in [3.63, 3.8) is 0 Å². The van der Waals surface area contributed by atoms with Gasteiger partial charge in [-0.1, -0.05) is 0 Å². The Morgan fingerprint density at radius 1 is 1.54 bits per heavy atom. The van der Waals surface area contributed by atoms with Crippen molar-refractivity contribution >= 4 is 11.8 Å². The van der Waals surface area contributed by atoms with Gasteiger partial charge in [0.25, 0.3) is 0 Å². The van der Waals surface area contributed by atoms with Crippen LogP contribution in [0.5, 0.6) is 0 Å². The molecular weight excluding hydrogens is 170 g/mol. The molecule has 70 valence electrons. The molecule has 0 fully saturated rings. The zero-order valence-electron chi connectivity index (χ0n) is 7.57. The van der Waals surface area contributed by atoms with Gasteiger partial charge in [-0.2, -0.15) is 0 Å². The maximum absolute atomic E-state index is 10.9. The van der Waals surface area contributed by atoms with E-state index < -0.39 is 6.09 Å². The number of aromatic nitrogens is 2. The monoisotopic (exact) mass is 181 g/mol. The summed E-state index contributed by atoms with van der Waals surface area (Å²) in [5, 5.41) is 2.48. The molecule has 5 heteroatoms. The Balaban J connectivity index is 2.54. The summed E-state index contributed by atoms with van der Waals surface area (Å²) < 4.78 is 4.67. The van der Waals surface area contributed by atoms with Crippen LogP contribution in [0.25, 0.3) is 0 Å². The first kappa shape index (κ1) is 9.44. The van der Waals surface area contributed by atoms with E-state index in [9.17, 15) is 4.79 Å². The Labute approximate surface area is 76.2 Å². The fourth-order valence-corrected chi connectivity index (χ4v) is 0.742. The number of aryl methyl sites for hydroxylation is 1. The third-order valence-corrected chi connectivity index (χ3v) is 1.30. The van der Waals surface area contributed by atoms with E-state index in [-0.39, 0.29) is 0 Å². The van der Waals surface area contributed by atoms with Crippen molar-refractivity contribution in [2.24, 2.45) is 0 Å². The number of hydrogen-bond acceptors (Lipinski definition) is 4. The number of nitrogens with zero attached hydrogens (tertiary/aromatic N) is 2. The molecule has 1 heterocycles. The predicted molar refractivity (Wildman–Crippen MR) is 47.4 cm³/mol. The summed E-state index contributed by atoms with van der Waals surface area (Å²) in [6, 6.07) is 0. The van der Waals surface area contributed by atoms with Gasteiger partial charge in [-0.3, -0.25) is 5.32 Å². The molecule has 0 aliphatic heterocycles. The lowest BCUT2D eigenvalue weighted by molar-refractivity contribution is 0.168. The van der Waals surface area contributed by atoms with Crippen molar-refractivity contribution in [2.45, 2.75) is 13.8 Å². The van der Waals surface area contributed by atoms with Gasteiger partial charge < -0.3 is 4.74 Å². The molecule has 1 N–H and O–H groups in total. The van der Waals surface area contributed by atoms with E-state index in [2.05, 4.69) is 20.0 Å². The molecule has 1 amide bonds.